The number of nitrogens with one attached hydrogen (secondary N) is 1. The molecule has 1 aliphatic rings. The third-order valence-electron chi connectivity index (χ3n) is 2.60. The summed E-state index contributed by atoms with van der Waals surface area (Å²) in [5.74, 6) is 0. The number of rotatable bonds is 4. The topological polar surface area (TPSA) is 58.6 Å². The lowest BCUT2D eigenvalue weighted by Crippen LogP contribution is -2.52. The Bertz CT molecular complexity index is 294. The molecule has 1 rings (SSSR count). The van der Waals surface area contributed by atoms with Crippen LogP contribution in [-0.2, 0) is 14.9 Å². The first kappa shape index (κ1) is 12.9. The molecule has 6 heteroatoms. The average molecular weight is 236 g/mol. The molecule has 0 spiro atoms. The molecule has 0 radical (unpaired) electrons. The minimum Gasteiger partial charge on any atom is -0.379 e. The number of hydrogen-bond donors (Lipinski definition) is 1. The molecule has 15 heavy (non-hydrogen) atoms. The van der Waals surface area contributed by atoms with Crippen molar-refractivity contribution in [3.8, 4) is 0 Å². The molecular formula is C9H20N2O3S. The quantitative estimate of drug-likeness (QED) is 0.766. The van der Waals surface area contributed by atoms with Gasteiger partial charge in [-0.15, -0.1) is 0 Å². The van der Waals surface area contributed by atoms with E-state index in [4.69, 9.17) is 4.74 Å². The molecule has 1 fully saturated rings. The van der Waals surface area contributed by atoms with Crippen molar-refractivity contribution < 1.29 is 13.2 Å². The van der Waals surface area contributed by atoms with Gasteiger partial charge >= 0.3 is 0 Å². The minimum absolute atomic E-state index is 0.392. The van der Waals surface area contributed by atoms with Gasteiger partial charge in [-0.05, 0) is 20.3 Å². The van der Waals surface area contributed by atoms with Crippen LogP contribution in [0, 0.1) is 0 Å². The van der Waals surface area contributed by atoms with Gasteiger partial charge in [0.05, 0.1) is 13.2 Å². The van der Waals surface area contributed by atoms with E-state index in [1.165, 1.54) is 4.31 Å². The maximum absolute atomic E-state index is 11.9. The van der Waals surface area contributed by atoms with E-state index in [-0.39, 0.29) is 0 Å². The lowest BCUT2D eigenvalue weighted by molar-refractivity contribution is 0.0720. The smallest absolute Gasteiger partial charge is 0.280 e. The Kier molecular flexibility index (Phi) is 4.11. The van der Waals surface area contributed by atoms with Crippen LogP contribution in [0.4, 0.5) is 0 Å². The van der Waals surface area contributed by atoms with Gasteiger partial charge in [0.2, 0.25) is 0 Å². The van der Waals surface area contributed by atoms with Gasteiger partial charge in [0.15, 0.2) is 0 Å². The zero-order chi connectivity index (χ0) is 11.5. The van der Waals surface area contributed by atoms with Gasteiger partial charge in [-0.3, -0.25) is 0 Å². The molecule has 5 nitrogen and oxygen atoms in total. The summed E-state index contributed by atoms with van der Waals surface area (Å²) >= 11 is 0. The van der Waals surface area contributed by atoms with Crippen molar-refractivity contribution in [3.63, 3.8) is 0 Å². The Labute approximate surface area is 92.0 Å². The van der Waals surface area contributed by atoms with Crippen LogP contribution >= 0.6 is 0 Å². The highest BCUT2D eigenvalue weighted by Gasteiger charge is 2.29. The number of ether oxygens (including phenoxy) is 1. The van der Waals surface area contributed by atoms with Crippen molar-refractivity contribution in [2.45, 2.75) is 32.7 Å². The van der Waals surface area contributed by atoms with E-state index in [0.29, 0.717) is 26.3 Å². The van der Waals surface area contributed by atoms with Gasteiger partial charge in [0.1, 0.15) is 0 Å². The molecule has 1 N–H and O–H groups in total. The fraction of sp³-hybridized carbons (Fsp3) is 1.00. The van der Waals surface area contributed by atoms with Crippen molar-refractivity contribution in [2.24, 2.45) is 0 Å². The summed E-state index contributed by atoms with van der Waals surface area (Å²) in [6.07, 6.45) is 0.760. The maximum atomic E-state index is 11.9. The summed E-state index contributed by atoms with van der Waals surface area (Å²) in [6.45, 7) is 7.56. The lowest BCUT2D eigenvalue weighted by atomic mass is 10.0. The van der Waals surface area contributed by atoms with Crippen LogP contribution in [0.15, 0.2) is 0 Å². The second-order valence-corrected chi connectivity index (χ2v) is 6.03. The first-order valence-corrected chi connectivity index (χ1v) is 6.68. The van der Waals surface area contributed by atoms with Gasteiger partial charge in [-0.2, -0.15) is 17.4 Å². The second-order valence-electron chi connectivity index (χ2n) is 4.36. The van der Waals surface area contributed by atoms with E-state index in [1.54, 1.807) is 0 Å². The van der Waals surface area contributed by atoms with Crippen LogP contribution in [0.25, 0.3) is 0 Å². The summed E-state index contributed by atoms with van der Waals surface area (Å²) in [5.41, 5.74) is -0.392. The normalized spacial score (nSPS) is 20.5. The third-order valence-corrected chi connectivity index (χ3v) is 4.45. The molecule has 0 saturated carbocycles. The van der Waals surface area contributed by atoms with Crippen LogP contribution < -0.4 is 4.72 Å². The Morgan fingerprint density at radius 2 is 1.87 bits per heavy atom. The van der Waals surface area contributed by atoms with Crippen molar-refractivity contribution in [1.82, 2.24) is 9.03 Å². The minimum atomic E-state index is -3.35. The number of morpholine rings is 1. The molecule has 0 amide bonds. The van der Waals surface area contributed by atoms with Crippen LogP contribution in [0.1, 0.15) is 27.2 Å². The molecule has 1 heterocycles. The van der Waals surface area contributed by atoms with Crippen molar-refractivity contribution in [2.75, 3.05) is 26.3 Å². The summed E-state index contributed by atoms with van der Waals surface area (Å²) in [7, 11) is -3.35. The number of nitrogens with zero attached hydrogens (tertiary/aromatic N) is 1. The van der Waals surface area contributed by atoms with E-state index < -0.39 is 15.7 Å². The molecular weight excluding hydrogens is 216 g/mol. The van der Waals surface area contributed by atoms with Crippen LogP contribution in [-0.4, -0.2) is 44.6 Å². The van der Waals surface area contributed by atoms with Crippen LogP contribution in [0.5, 0.6) is 0 Å². The molecule has 0 bridgehead atoms. The molecule has 0 unspecified atom stereocenters. The zero-order valence-electron chi connectivity index (χ0n) is 9.62. The molecule has 0 aromatic rings. The zero-order valence-corrected chi connectivity index (χ0v) is 10.4. The maximum Gasteiger partial charge on any atom is 0.280 e. The fourth-order valence-corrected chi connectivity index (χ4v) is 2.87. The predicted molar refractivity (Wildman–Crippen MR) is 58.8 cm³/mol. The van der Waals surface area contributed by atoms with Crippen molar-refractivity contribution in [3.05, 3.63) is 0 Å². The molecule has 1 saturated heterocycles. The SMILES string of the molecule is CCC(C)(C)NS(=O)(=O)N1CCOCC1. The first-order valence-electron chi connectivity index (χ1n) is 5.24. The molecule has 0 atom stereocenters. The highest BCUT2D eigenvalue weighted by Crippen LogP contribution is 2.12. The summed E-state index contributed by atoms with van der Waals surface area (Å²) < 4.78 is 33.1. The van der Waals surface area contributed by atoms with E-state index in [2.05, 4.69) is 4.72 Å². The summed E-state index contributed by atoms with van der Waals surface area (Å²) in [5, 5.41) is 0. The second kappa shape index (κ2) is 4.78. The Morgan fingerprint density at radius 3 is 2.33 bits per heavy atom. The van der Waals surface area contributed by atoms with Gasteiger partial charge in [0.25, 0.3) is 10.2 Å². The van der Waals surface area contributed by atoms with Gasteiger partial charge in [-0.25, -0.2) is 0 Å². The Balaban J connectivity index is 2.65. The highest BCUT2D eigenvalue weighted by atomic mass is 32.2. The third kappa shape index (κ3) is 3.71. The van der Waals surface area contributed by atoms with E-state index in [1.807, 2.05) is 20.8 Å². The largest absolute Gasteiger partial charge is 0.379 e. The van der Waals surface area contributed by atoms with E-state index in [9.17, 15) is 8.42 Å². The lowest BCUT2D eigenvalue weighted by Gasteiger charge is -2.31. The molecule has 1 aliphatic heterocycles. The van der Waals surface area contributed by atoms with Gasteiger partial charge < -0.3 is 4.74 Å². The average Bonchev–Trinajstić information content (AvgIpc) is 2.18. The Morgan fingerprint density at radius 1 is 1.33 bits per heavy atom. The van der Waals surface area contributed by atoms with Crippen molar-refractivity contribution >= 4 is 10.2 Å². The van der Waals surface area contributed by atoms with Crippen molar-refractivity contribution in [1.29, 1.82) is 0 Å². The standard InChI is InChI=1S/C9H20N2O3S/c1-4-9(2,3)10-15(12,13)11-5-7-14-8-6-11/h10H,4-8H2,1-3H3. The molecule has 0 aliphatic carbocycles. The van der Waals surface area contributed by atoms with Gasteiger partial charge in [-0.1, -0.05) is 6.92 Å². The summed E-state index contributed by atoms with van der Waals surface area (Å²) in [4.78, 5) is 0. The highest BCUT2D eigenvalue weighted by molar-refractivity contribution is 7.87. The molecule has 0 aromatic heterocycles. The monoisotopic (exact) mass is 236 g/mol. The van der Waals surface area contributed by atoms with E-state index in [0.717, 1.165) is 6.42 Å². The molecule has 0 aromatic carbocycles. The fourth-order valence-electron chi connectivity index (χ4n) is 1.27. The van der Waals surface area contributed by atoms with Crippen LogP contribution in [0.3, 0.4) is 0 Å². The molecule has 90 valence electrons. The summed E-state index contributed by atoms with van der Waals surface area (Å²) in [6, 6.07) is 0. The predicted octanol–water partition coefficient (Wildman–Crippen LogP) is 0.342. The van der Waals surface area contributed by atoms with E-state index >= 15 is 0 Å². The number of hydrogen-bond acceptors (Lipinski definition) is 3. The first-order chi connectivity index (χ1) is 6.87. The van der Waals surface area contributed by atoms with Gasteiger partial charge in [0, 0.05) is 18.6 Å². The Hall–Kier alpha value is -0.170. The van der Waals surface area contributed by atoms with Crippen LogP contribution in [0.2, 0.25) is 0 Å².